The van der Waals surface area contributed by atoms with Gasteiger partial charge in [-0.3, -0.25) is 14.5 Å². The molecule has 1 aliphatic heterocycles. The Morgan fingerprint density at radius 1 is 1.15 bits per heavy atom. The molecule has 0 saturated carbocycles. The topological polar surface area (TPSA) is 114 Å². The predicted octanol–water partition coefficient (Wildman–Crippen LogP) is 4.20. The third-order valence-corrected chi connectivity index (χ3v) is 7.34. The highest BCUT2D eigenvalue weighted by atomic mass is 35.5. The minimum atomic E-state index is -3.62. The van der Waals surface area contributed by atoms with Crippen LogP contribution in [-0.2, 0) is 10.0 Å². The molecule has 1 aliphatic rings. The molecule has 1 aromatic heterocycles. The zero-order chi connectivity index (χ0) is 28.2. The second-order valence-electron chi connectivity index (χ2n) is 9.81. The van der Waals surface area contributed by atoms with E-state index < -0.39 is 21.4 Å². The van der Waals surface area contributed by atoms with E-state index >= 15 is 0 Å². The molecule has 12 heteroatoms. The van der Waals surface area contributed by atoms with E-state index in [-0.39, 0.29) is 5.02 Å². The Balaban J connectivity index is 1.66. The van der Waals surface area contributed by atoms with Crippen molar-refractivity contribution < 1.29 is 12.8 Å². The Labute approximate surface area is 233 Å². The van der Waals surface area contributed by atoms with Gasteiger partial charge in [0, 0.05) is 50.2 Å². The highest BCUT2D eigenvalue weighted by molar-refractivity contribution is 7.92. The summed E-state index contributed by atoms with van der Waals surface area (Å²) in [5.74, 6) is 6.36. The van der Waals surface area contributed by atoms with E-state index in [1.54, 1.807) is 12.1 Å². The van der Waals surface area contributed by atoms with Crippen LogP contribution in [0.4, 0.5) is 21.6 Å². The maximum Gasteiger partial charge on any atom is 0.229 e. The average molecular weight is 570 g/mol. The van der Waals surface area contributed by atoms with E-state index in [1.165, 1.54) is 24.5 Å². The van der Waals surface area contributed by atoms with Gasteiger partial charge in [-0.2, -0.15) is 5.26 Å². The number of nitriles is 1. The normalized spacial score (nSPS) is 14.9. The number of aromatic nitrogens is 2. The third-order valence-electron chi connectivity index (χ3n) is 6.46. The van der Waals surface area contributed by atoms with Gasteiger partial charge in [-0.1, -0.05) is 23.4 Å². The second-order valence-corrected chi connectivity index (χ2v) is 12.0. The van der Waals surface area contributed by atoms with Crippen LogP contribution in [0, 0.1) is 29.0 Å². The van der Waals surface area contributed by atoms with Gasteiger partial charge >= 0.3 is 0 Å². The summed E-state index contributed by atoms with van der Waals surface area (Å²) < 4.78 is 40.6. The first kappa shape index (κ1) is 28.5. The monoisotopic (exact) mass is 569 g/mol. The Bertz CT molecular complexity index is 1590. The van der Waals surface area contributed by atoms with Gasteiger partial charge in [-0.25, -0.2) is 22.8 Å². The molecule has 0 bridgehead atoms. The Morgan fingerprint density at radius 3 is 2.56 bits per heavy atom. The molecule has 3 aromatic rings. The summed E-state index contributed by atoms with van der Waals surface area (Å²) in [4.78, 5) is 13.2. The van der Waals surface area contributed by atoms with Crippen molar-refractivity contribution in [3.8, 4) is 17.9 Å². The number of halogens is 2. The van der Waals surface area contributed by atoms with Crippen LogP contribution in [0.2, 0.25) is 5.02 Å². The fourth-order valence-electron chi connectivity index (χ4n) is 4.34. The van der Waals surface area contributed by atoms with Gasteiger partial charge in [0.05, 0.1) is 39.7 Å². The summed E-state index contributed by atoms with van der Waals surface area (Å²) in [6, 6.07) is 9.75. The van der Waals surface area contributed by atoms with Crippen molar-refractivity contribution in [2.45, 2.75) is 25.8 Å². The van der Waals surface area contributed by atoms with E-state index in [0.717, 1.165) is 39.0 Å². The SMILES string of the molecule is CC(C)(C#Cc1cc2ncnc(Nc3ccc(F)c(Cl)c3)c2cc1NS(C)(=O)=O)N1CCN(CCC#N)CC1. The molecule has 0 spiro atoms. The summed E-state index contributed by atoms with van der Waals surface area (Å²) in [6.07, 6.45) is 2.97. The molecular formula is C27H29ClFN7O2S. The third kappa shape index (κ3) is 7.34. The number of nitrogens with zero attached hydrogens (tertiary/aromatic N) is 5. The molecule has 0 atom stereocenters. The Morgan fingerprint density at radius 2 is 1.90 bits per heavy atom. The number of hydrogen-bond donors (Lipinski definition) is 2. The van der Waals surface area contributed by atoms with Crippen LogP contribution in [0.3, 0.4) is 0 Å². The van der Waals surface area contributed by atoms with Gasteiger partial charge < -0.3 is 5.32 Å². The molecule has 2 aromatic carbocycles. The number of nitrogens with one attached hydrogen (secondary N) is 2. The summed E-state index contributed by atoms with van der Waals surface area (Å²) in [6.45, 7) is 8.18. The Hall–Kier alpha value is -3.48. The van der Waals surface area contributed by atoms with Gasteiger partial charge in [0.2, 0.25) is 10.0 Å². The van der Waals surface area contributed by atoms with E-state index in [4.69, 9.17) is 16.9 Å². The van der Waals surface area contributed by atoms with E-state index in [0.29, 0.717) is 40.1 Å². The standard InChI is InChI=1S/C27H29ClFN7O2S/c1-27(2,36-13-11-35(12-14-36)10-4-9-30)8-7-19-15-25-21(17-24(19)34-39(3,37)38)26(32-18-31-25)33-20-5-6-23(29)22(28)16-20/h5-6,15-18,34H,4,10-14H2,1-3H3,(H,31,32,33). The maximum atomic E-state index is 13.6. The zero-order valence-corrected chi connectivity index (χ0v) is 23.5. The van der Waals surface area contributed by atoms with E-state index in [2.05, 4.69) is 47.7 Å². The molecule has 0 aliphatic carbocycles. The lowest BCUT2D eigenvalue weighted by Gasteiger charge is -2.41. The van der Waals surface area contributed by atoms with Crippen LogP contribution in [0.1, 0.15) is 25.8 Å². The summed E-state index contributed by atoms with van der Waals surface area (Å²) in [5.41, 5.74) is 1.36. The van der Waals surface area contributed by atoms with Crippen molar-refractivity contribution in [1.29, 1.82) is 5.26 Å². The first-order valence-electron chi connectivity index (χ1n) is 12.3. The minimum absolute atomic E-state index is 0.0402. The van der Waals surface area contributed by atoms with Crippen LogP contribution in [0.15, 0.2) is 36.7 Å². The molecule has 0 radical (unpaired) electrons. The average Bonchev–Trinajstić information content (AvgIpc) is 2.88. The first-order chi connectivity index (χ1) is 18.4. The Kier molecular flexibility index (Phi) is 8.57. The minimum Gasteiger partial charge on any atom is -0.340 e. The largest absolute Gasteiger partial charge is 0.340 e. The van der Waals surface area contributed by atoms with Crippen LogP contribution >= 0.6 is 11.6 Å². The van der Waals surface area contributed by atoms with Crippen LogP contribution in [-0.4, -0.2) is 72.7 Å². The van der Waals surface area contributed by atoms with Crippen LogP contribution in [0.25, 0.3) is 10.9 Å². The summed E-state index contributed by atoms with van der Waals surface area (Å²) in [5, 5.41) is 12.4. The molecule has 1 fully saturated rings. The maximum absolute atomic E-state index is 13.6. The summed E-state index contributed by atoms with van der Waals surface area (Å²) in [7, 11) is -3.62. The number of rotatable bonds is 7. The predicted molar refractivity (Wildman–Crippen MR) is 152 cm³/mol. The van der Waals surface area contributed by atoms with E-state index in [1.807, 2.05) is 13.8 Å². The van der Waals surface area contributed by atoms with Crippen molar-refractivity contribution in [3.63, 3.8) is 0 Å². The number of hydrogen-bond acceptors (Lipinski definition) is 8. The number of fused-ring (bicyclic) bond motifs is 1. The second kappa shape index (κ2) is 11.7. The molecule has 4 rings (SSSR count). The summed E-state index contributed by atoms with van der Waals surface area (Å²) >= 11 is 5.91. The van der Waals surface area contributed by atoms with Gasteiger partial charge in [-0.05, 0) is 44.2 Å². The lowest BCUT2D eigenvalue weighted by Crippen LogP contribution is -2.54. The number of anilines is 3. The van der Waals surface area contributed by atoms with Crippen molar-refractivity contribution >= 4 is 49.7 Å². The van der Waals surface area contributed by atoms with E-state index in [9.17, 15) is 12.8 Å². The smallest absolute Gasteiger partial charge is 0.229 e. The molecule has 0 amide bonds. The molecule has 0 unspecified atom stereocenters. The number of benzene rings is 2. The number of sulfonamides is 1. The lowest BCUT2D eigenvalue weighted by molar-refractivity contribution is 0.0823. The molecular weight excluding hydrogens is 541 g/mol. The fourth-order valence-corrected chi connectivity index (χ4v) is 5.09. The van der Waals surface area contributed by atoms with Gasteiger partial charge in [0.15, 0.2) is 0 Å². The molecule has 39 heavy (non-hydrogen) atoms. The molecule has 9 nitrogen and oxygen atoms in total. The first-order valence-corrected chi connectivity index (χ1v) is 14.6. The van der Waals surface area contributed by atoms with Gasteiger partial charge in [0.1, 0.15) is 18.0 Å². The quantitative estimate of drug-likeness (QED) is 0.407. The highest BCUT2D eigenvalue weighted by Gasteiger charge is 2.28. The van der Waals surface area contributed by atoms with Crippen LogP contribution < -0.4 is 10.0 Å². The number of piperazine rings is 1. The van der Waals surface area contributed by atoms with Crippen LogP contribution in [0.5, 0.6) is 0 Å². The van der Waals surface area contributed by atoms with Crippen molar-refractivity contribution in [1.82, 2.24) is 19.8 Å². The fraction of sp³-hybridized carbons (Fsp3) is 0.370. The molecule has 1 saturated heterocycles. The molecule has 204 valence electrons. The van der Waals surface area contributed by atoms with Crippen molar-refractivity contribution in [2.24, 2.45) is 0 Å². The molecule has 2 heterocycles. The van der Waals surface area contributed by atoms with Gasteiger partial charge in [0.25, 0.3) is 0 Å². The van der Waals surface area contributed by atoms with Gasteiger partial charge in [-0.15, -0.1) is 0 Å². The lowest BCUT2D eigenvalue weighted by atomic mass is 10.0. The highest BCUT2D eigenvalue weighted by Crippen LogP contribution is 2.30. The van der Waals surface area contributed by atoms with Crippen molar-refractivity contribution in [2.75, 3.05) is 49.0 Å². The molecule has 2 N–H and O–H groups in total. The van der Waals surface area contributed by atoms with Crippen molar-refractivity contribution in [3.05, 3.63) is 53.1 Å². The zero-order valence-electron chi connectivity index (χ0n) is 21.9.